The summed E-state index contributed by atoms with van der Waals surface area (Å²) in [5, 5.41) is 3.67. The number of rotatable bonds is 2. The van der Waals surface area contributed by atoms with E-state index in [0.717, 1.165) is 31.5 Å². The summed E-state index contributed by atoms with van der Waals surface area (Å²) in [6.45, 7) is 9.27. The van der Waals surface area contributed by atoms with Crippen LogP contribution >= 0.6 is 0 Å². The second-order valence-electron chi connectivity index (χ2n) is 8.68. The van der Waals surface area contributed by atoms with Gasteiger partial charge >= 0.3 is 0 Å². The molecule has 1 N–H and O–H groups in total. The molecule has 5 nitrogen and oxygen atoms in total. The van der Waals surface area contributed by atoms with Crippen LogP contribution < -0.4 is 5.32 Å². The third-order valence-corrected chi connectivity index (χ3v) is 6.76. The highest BCUT2D eigenvalue weighted by Gasteiger charge is 2.41. The minimum Gasteiger partial charge on any atom is -0.355 e. The first kappa shape index (κ1) is 18.0. The van der Waals surface area contributed by atoms with E-state index in [1.165, 1.54) is 51.7 Å². The number of guanidine groups is 1. The van der Waals surface area contributed by atoms with Gasteiger partial charge in [0.05, 0.1) is 0 Å². The minimum absolute atomic E-state index is 0.575. The van der Waals surface area contributed by atoms with E-state index >= 15 is 0 Å². The Morgan fingerprint density at radius 3 is 2.58 bits per heavy atom. The zero-order chi connectivity index (χ0) is 17.2. The minimum atomic E-state index is 0.575. The van der Waals surface area contributed by atoms with Gasteiger partial charge in [-0.3, -0.25) is 9.89 Å². The maximum absolute atomic E-state index is 4.59. The maximum atomic E-state index is 4.59. The van der Waals surface area contributed by atoms with Gasteiger partial charge in [0.15, 0.2) is 5.96 Å². The fourth-order valence-electron chi connectivity index (χ4n) is 4.76. The molecule has 0 unspecified atom stereocenters. The van der Waals surface area contributed by atoms with Crippen LogP contribution in [0.15, 0.2) is 4.99 Å². The molecule has 0 aromatic heterocycles. The van der Waals surface area contributed by atoms with Crippen LogP contribution in [0.4, 0.5) is 0 Å². The van der Waals surface area contributed by atoms with Gasteiger partial charge in [-0.05, 0) is 44.7 Å². The predicted molar refractivity (Wildman–Crippen MR) is 102 cm³/mol. The molecule has 2 aliphatic heterocycles. The van der Waals surface area contributed by atoms with E-state index < -0.39 is 0 Å². The van der Waals surface area contributed by atoms with Crippen molar-refractivity contribution >= 4 is 5.96 Å². The molecule has 0 aromatic carbocycles. The molecular weight excluding hydrogens is 298 g/mol. The molecule has 0 radical (unpaired) electrons. The Labute approximate surface area is 148 Å². The summed E-state index contributed by atoms with van der Waals surface area (Å²) in [4.78, 5) is 12.0. The Hall–Kier alpha value is -0.810. The largest absolute Gasteiger partial charge is 0.355 e. The summed E-state index contributed by atoms with van der Waals surface area (Å²) in [7, 11) is 6.41. The fourth-order valence-corrected chi connectivity index (χ4v) is 4.76. The fraction of sp³-hybridized carbons (Fsp3) is 0.947. The first-order valence-electron chi connectivity index (χ1n) is 9.86. The van der Waals surface area contributed by atoms with Crippen LogP contribution in [0.25, 0.3) is 0 Å². The summed E-state index contributed by atoms with van der Waals surface area (Å²) in [5.74, 6) is 2.05. The number of hydrogen-bond donors (Lipinski definition) is 1. The smallest absolute Gasteiger partial charge is 0.193 e. The number of likely N-dealkylation sites (tertiary alicyclic amines) is 1. The second kappa shape index (κ2) is 7.61. The van der Waals surface area contributed by atoms with E-state index in [0.29, 0.717) is 11.5 Å². The summed E-state index contributed by atoms with van der Waals surface area (Å²) in [6, 6.07) is 0.576. The van der Waals surface area contributed by atoms with Gasteiger partial charge in [0.1, 0.15) is 0 Å². The molecule has 0 aromatic rings. The molecule has 2 saturated heterocycles. The van der Waals surface area contributed by atoms with Gasteiger partial charge in [0.2, 0.25) is 0 Å². The molecule has 1 spiro atoms. The Morgan fingerprint density at radius 2 is 1.88 bits per heavy atom. The summed E-state index contributed by atoms with van der Waals surface area (Å²) < 4.78 is 0. The van der Waals surface area contributed by atoms with Crippen LogP contribution in [0.1, 0.15) is 39.0 Å². The molecule has 1 aliphatic carbocycles. The third kappa shape index (κ3) is 4.05. The van der Waals surface area contributed by atoms with Gasteiger partial charge in [0, 0.05) is 52.4 Å². The number of nitrogens with zero attached hydrogens (tertiary/aromatic N) is 4. The number of hydrogen-bond acceptors (Lipinski definition) is 3. The molecule has 138 valence electrons. The average molecular weight is 336 g/mol. The Morgan fingerprint density at radius 1 is 1.12 bits per heavy atom. The van der Waals surface area contributed by atoms with E-state index in [1.807, 2.05) is 7.05 Å². The quantitative estimate of drug-likeness (QED) is 0.615. The van der Waals surface area contributed by atoms with E-state index in [2.05, 4.69) is 46.0 Å². The van der Waals surface area contributed by atoms with Crippen molar-refractivity contribution in [3.05, 3.63) is 0 Å². The molecule has 3 aliphatic rings. The number of piperazine rings is 1. The van der Waals surface area contributed by atoms with Crippen molar-refractivity contribution in [2.45, 2.75) is 45.1 Å². The van der Waals surface area contributed by atoms with Gasteiger partial charge in [0.25, 0.3) is 0 Å². The van der Waals surface area contributed by atoms with E-state index in [-0.39, 0.29) is 0 Å². The first-order valence-corrected chi connectivity index (χ1v) is 9.86. The van der Waals surface area contributed by atoms with Gasteiger partial charge in [-0.2, -0.15) is 0 Å². The number of likely N-dealkylation sites (N-methyl/N-ethyl adjacent to an activating group) is 2. The van der Waals surface area contributed by atoms with Gasteiger partial charge in [-0.15, -0.1) is 0 Å². The van der Waals surface area contributed by atoms with Crippen molar-refractivity contribution < 1.29 is 0 Å². The van der Waals surface area contributed by atoms with E-state index in [9.17, 15) is 0 Å². The molecule has 1 saturated carbocycles. The van der Waals surface area contributed by atoms with E-state index in [1.54, 1.807) is 0 Å². The molecule has 24 heavy (non-hydrogen) atoms. The highest BCUT2D eigenvalue weighted by atomic mass is 15.3. The lowest BCUT2D eigenvalue weighted by Crippen LogP contribution is -2.55. The molecule has 1 atom stereocenters. The first-order chi connectivity index (χ1) is 11.5. The number of nitrogens with one attached hydrogen (secondary N) is 1. The van der Waals surface area contributed by atoms with Crippen molar-refractivity contribution in [3.8, 4) is 0 Å². The highest BCUT2D eigenvalue weighted by Crippen LogP contribution is 2.45. The van der Waals surface area contributed by atoms with Crippen LogP contribution in [0.3, 0.4) is 0 Å². The standard InChI is InChI=1S/C19H37N5/c1-16-5-7-19(8-6-16)9-10-24(15-19)18(20-2)21-13-17-14-22(3)11-12-23(17)4/h16-17H,5-15H2,1-4H3,(H,20,21)/t16?,17-,19?/m0/s1. The third-order valence-electron chi connectivity index (χ3n) is 6.76. The molecule has 3 fully saturated rings. The summed E-state index contributed by atoms with van der Waals surface area (Å²) in [6.07, 6.45) is 7.01. The zero-order valence-corrected chi connectivity index (χ0v) is 16.2. The Bertz CT molecular complexity index is 441. The van der Waals surface area contributed by atoms with Crippen LogP contribution in [0.2, 0.25) is 0 Å². The Balaban J connectivity index is 1.52. The molecule has 2 heterocycles. The highest BCUT2D eigenvalue weighted by molar-refractivity contribution is 5.80. The lowest BCUT2D eigenvalue weighted by molar-refractivity contribution is 0.116. The monoisotopic (exact) mass is 335 g/mol. The molecule has 0 bridgehead atoms. The predicted octanol–water partition coefficient (Wildman–Crippen LogP) is 1.71. The SMILES string of the molecule is CN=C(NC[C@H]1CN(C)CCN1C)N1CCC2(CCC(C)CC2)C1. The summed E-state index contributed by atoms with van der Waals surface area (Å²) >= 11 is 0. The van der Waals surface area contributed by atoms with Gasteiger partial charge in [-0.1, -0.05) is 19.8 Å². The van der Waals surface area contributed by atoms with Gasteiger partial charge in [-0.25, -0.2) is 0 Å². The maximum Gasteiger partial charge on any atom is 0.193 e. The lowest BCUT2D eigenvalue weighted by atomic mass is 9.70. The van der Waals surface area contributed by atoms with Crippen LogP contribution in [0, 0.1) is 11.3 Å². The molecule has 3 rings (SSSR count). The molecule has 5 heteroatoms. The zero-order valence-electron chi connectivity index (χ0n) is 16.2. The van der Waals surface area contributed by atoms with Crippen molar-refractivity contribution in [2.75, 3.05) is 60.4 Å². The normalized spacial score (nSPS) is 36.5. The Kier molecular flexibility index (Phi) is 5.70. The van der Waals surface area contributed by atoms with E-state index in [4.69, 9.17) is 0 Å². The second-order valence-corrected chi connectivity index (χ2v) is 8.68. The van der Waals surface area contributed by atoms with Crippen molar-refractivity contribution in [3.63, 3.8) is 0 Å². The van der Waals surface area contributed by atoms with Gasteiger partial charge < -0.3 is 15.1 Å². The van der Waals surface area contributed by atoms with Crippen molar-refractivity contribution in [1.82, 2.24) is 20.0 Å². The molecular formula is C19H37N5. The summed E-state index contributed by atoms with van der Waals surface area (Å²) in [5.41, 5.74) is 0.575. The van der Waals surface area contributed by atoms with Crippen LogP contribution in [-0.4, -0.2) is 87.1 Å². The van der Waals surface area contributed by atoms with Crippen molar-refractivity contribution in [2.24, 2.45) is 16.3 Å². The number of aliphatic imine (C=N–C) groups is 1. The lowest BCUT2D eigenvalue weighted by Gasteiger charge is -2.38. The van der Waals surface area contributed by atoms with Crippen LogP contribution in [-0.2, 0) is 0 Å². The van der Waals surface area contributed by atoms with Crippen LogP contribution in [0.5, 0.6) is 0 Å². The average Bonchev–Trinajstić information content (AvgIpc) is 2.98. The van der Waals surface area contributed by atoms with Crippen molar-refractivity contribution in [1.29, 1.82) is 0 Å². The molecule has 0 amide bonds. The topological polar surface area (TPSA) is 34.1 Å².